The number of phenolic OH excluding ortho intramolecular Hbond substituents is 1. The fourth-order valence-electron chi connectivity index (χ4n) is 2.84. The molecule has 26 heavy (non-hydrogen) atoms. The van der Waals surface area contributed by atoms with E-state index in [1.165, 1.54) is 0 Å². The minimum Gasteiger partial charge on any atom is -0.508 e. The number of hydrogen-bond donors (Lipinski definition) is 3. The van der Waals surface area contributed by atoms with Crippen LogP contribution in [0.15, 0.2) is 48.5 Å². The smallest absolute Gasteiger partial charge is 0.121 e. The van der Waals surface area contributed by atoms with E-state index in [4.69, 9.17) is 4.74 Å². The van der Waals surface area contributed by atoms with Gasteiger partial charge in [0.1, 0.15) is 17.8 Å². The van der Waals surface area contributed by atoms with Gasteiger partial charge >= 0.3 is 0 Å². The number of carbonyl (C=O) groups is 1. The molecular weight excluding hydrogens is 330 g/mol. The number of ether oxygens (including phenoxy) is 1. The van der Waals surface area contributed by atoms with Gasteiger partial charge in [0.05, 0.1) is 12.2 Å². The Morgan fingerprint density at radius 2 is 1.77 bits per heavy atom. The number of benzene rings is 2. The third kappa shape index (κ3) is 5.58. The molecular formula is C21H27NO4. The van der Waals surface area contributed by atoms with Crippen LogP contribution in [0.5, 0.6) is 11.5 Å². The highest BCUT2D eigenvalue weighted by Gasteiger charge is 2.21. The number of aliphatic hydroxyl groups excluding tert-OH is 1. The van der Waals surface area contributed by atoms with E-state index in [1.54, 1.807) is 24.3 Å². The molecule has 0 bridgehead atoms. The molecule has 5 heteroatoms. The fraction of sp³-hybridized carbons (Fsp3) is 0.381. The van der Waals surface area contributed by atoms with Gasteiger partial charge < -0.3 is 25.1 Å². The Morgan fingerprint density at radius 1 is 1.08 bits per heavy atom. The van der Waals surface area contributed by atoms with Gasteiger partial charge in [-0.05, 0) is 56.2 Å². The first-order chi connectivity index (χ1) is 12.4. The Balaban J connectivity index is 2.14. The van der Waals surface area contributed by atoms with Crippen LogP contribution >= 0.6 is 0 Å². The summed E-state index contributed by atoms with van der Waals surface area (Å²) in [5.41, 5.74) is 1.63. The largest absolute Gasteiger partial charge is 0.508 e. The maximum absolute atomic E-state index is 11.1. The van der Waals surface area contributed by atoms with Gasteiger partial charge in [-0.2, -0.15) is 0 Å². The predicted octanol–water partition coefficient (Wildman–Crippen LogP) is 3.52. The summed E-state index contributed by atoms with van der Waals surface area (Å²) in [6.07, 6.45) is 0.461. The molecule has 0 radical (unpaired) electrons. The molecule has 0 aliphatic rings. The summed E-state index contributed by atoms with van der Waals surface area (Å²) in [5, 5.41) is 23.3. The van der Waals surface area contributed by atoms with Crippen molar-refractivity contribution >= 4 is 6.29 Å². The highest BCUT2D eigenvalue weighted by atomic mass is 16.5. The predicted molar refractivity (Wildman–Crippen MR) is 101 cm³/mol. The van der Waals surface area contributed by atoms with Gasteiger partial charge in [0.25, 0.3) is 0 Å². The molecule has 140 valence electrons. The van der Waals surface area contributed by atoms with Gasteiger partial charge in [0.15, 0.2) is 0 Å². The Kier molecular flexibility index (Phi) is 7.18. The number of aromatic hydroxyl groups is 1. The van der Waals surface area contributed by atoms with E-state index in [0.717, 1.165) is 17.6 Å². The molecule has 0 spiro atoms. The first kappa shape index (κ1) is 19.9. The first-order valence-electron chi connectivity index (χ1n) is 8.84. The van der Waals surface area contributed by atoms with E-state index in [2.05, 4.69) is 5.32 Å². The molecule has 3 unspecified atom stereocenters. The zero-order valence-corrected chi connectivity index (χ0v) is 15.4. The number of phenols is 1. The highest BCUT2D eigenvalue weighted by molar-refractivity contribution is 5.52. The van der Waals surface area contributed by atoms with E-state index >= 15 is 0 Å². The van der Waals surface area contributed by atoms with Crippen LogP contribution in [0.2, 0.25) is 0 Å². The van der Waals surface area contributed by atoms with Gasteiger partial charge in [-0.3, -0.25) is 0 Å². The van der Waals surface area contributed by atoms with Crippen LogP contribution < -0.4 is 10.1 Å². The number of nitrogens with one attached hydrogen (secondary N) is 1. The summed E-state index contributed by atoms with van der Waals surface area (Å²) < 4.78 is 5.73. The molecule has 0 aromatic heterocycles. The zero-order chi connectivity index (χ0) is 19.1. The standard InChI is InChI=1S/C21H27NO4/c1-14(2)26-19-6-4-5-17(13-19)20(11-12-23)22-15(3)21(25)16-7-9-18(24)10-8-16/h4-10,12-15,20-22,24-25H,11H2,1-3H3. The Bertz CT molecular complexity index is 699. The molecule has 0 heterocycles. The minimum atomic E-state index is -0.764. The monoisotopic (exact) mass is 357 g/mol. The van der Waals surface area contributed by atoms with E-state index in [1.807, 2.05) is 45.0 Å². The van der Waals surface area contributed by atoms with Gasteiger partial charge in [-0.15, -0.1) is 0 Å². The fourth-order valence-corrected chi connectivity index (χ4v) is 2.84. The van der Waals surface area contributed by atoms with E-state index in [9.17, 15) is 15.0 Å². The lowest BCUT2D eigenvalue weighted by Crippen LogP contribution is -2.35. The van der Waals surface area contributed by atoms with Gasteiger partial charge in [0.2, 0.25) is 0 Å². The Morgan fingerprint density at radius 3 is 2.38 bits per heavy atom. The van der Waals surface area contributed by atoms with Crippen LogP contribution in [0.4, 0.5) is 0 Å². The van der Waals surface area contributed by atoms with E-state index in [0.29, 0.717) is 5.56 Å². The molecule has 3 N–H and O–H groups in total. The molecule has 2 aromatic rings. The minimum absolute atomic E-state index is 0.0676. The van der Waals surface area contributed by atoms with Crippen LogP contribution in [0, 0.1) is 0 Å². The maximum atomic E-state index is 11.1. The van der Waals surface area contributed by atoms with Crippen LogP contribution in [0.1, 0.15) is 50.5 Å². The van der Waals surface area contributed by atoms with Crippen molar-refractivity contribution in [2.75, 3.05) is 0 Å². The molecule has 0 saturated heterocycles. The summed E-state index contributed by atoms with van der Waals surface area (Å²) in [6.45, 7) is 5.79. The average molecular weight is 357 g/mol. The van der Waals surface area contributed by atoms with Crippen molar-refractivity contribution < 1.29 is 19.7 Å². The lowest BCUT2D eigenvalue weighted by Gasteiger charge is -2.26. The van der Waals surface area contributed by atoms with Gasteiger partial charge in [-0.25, -0.2) is 0 Å². The number of hydrogen-bond acceptors (Lipinski definition) is 5. The molecule has 0 aliphatic heterocycles. The molecule has 2 rings (SSSR count). The first-order valence-corrected chi connectivity index (χ1v) is 8.84. The highest BCUT2D eigenvalue weighted by Crippen LogP contribution is 2.25. The third-order valence-electron chi connectivity index (χ3n) is 4.14. The van der Waals surface area contributed by atoms with Crippen LogP contribution in [0.3, 0.4) is 0 Å². The summed E-state index contributed by atoms with van der Waals surface area (Å²) in [7, 11) is 0. The van der Waals surface area contributed by atoms with Gasteiger partial charge in [0, 0.05) is 18.5 Å². The molecule has 2 aromatic carbocycles. The second-order valence-electron chi connectivity index (χ2n) is 6.69. The second kappa shape index (κ2) is 9.36. The molecule has 0 amide bonds. The third-order valence-corrected chi connectivity index (χ3v) is 4.14. The number of carbonyl (C=O) groups excluding carboxylic acids is 1. The van der Waals surface area contributed by atoms with Crippen molar-refractivity contribution in [3.05, 3.63) is 59.7 Å². The molecule has 0 saturated carbocycles. The topological polar surface area (TPSA) is 78.8 Å². The normalized spacial score (nSPS) is 14.7. The number of rotatable bonds is 9. The van der Waals surface area contributed by atoms with Crippen LogP contribution in [-0.2, 0) is 4.79 Å². The summed E-state index contributed by atoms with van der Waals surface area (Å²) in [5.74, 6) is 0.907. The zero-order valence-electron chi connectivity index (χ0n) is 15.4. The maximum Gasteiger partial charge on any atom is 0.121 e. The molecule has 0 aliphatic carbocycles. The summed E-state index contributed by atoms with van der Waals surface area (Å²) >= 11 is 0. The SMILES string of the molecule is CC(C)Oc1cccc(C(CC=O)NC(C)C(O)c2ccc(O)cc2)c1. The Labute approximate surface area is 154 Å². The molecule has 0 fully saturated rings. The number of aldehydes is 1. The molecule has 5 nitrogen and oxygen atoms in total. The van der Waals surface area contributed by atoms with Crippen molar-refractivity contribution in [1.29, 1.82) is 0 Å². The van der Waals surface area contributed by atoms with Crippen LogP contribution in [-0.4, -0.2) is 28.6 Å². The van der Waals surface area contributed by atoms with Crippen molar-refractivity contribution in [2.24, 2.45) is 0 Å². The lowest BCUT2D eigenvalue weighted by molar-refractivity contribution is -0.108. The molecule has 3 atom stereocenters. The number of aliphatic hydroxyl groups is 1. The van der Waals surface area contributed by atoms with Crippen molar-refractivity contribution in [3.63, 3.8) is 0 Å². The van der Waals surface area contributed by atoms with Crippen molar-refractivity contribution in [2.45, 2.75) is 51.5 Å². The van der Waals surface area contributed by atoms with Gasteiger partial charge in [-0.1, -0.05) is 24.3 Å². The summed E-state index contributed by atoms with van der Waals surface area (Å²) in [4.78, 5) is 11.1. The Hall–Kier alpha value is -2.37. The second-order valence-corrected chi connectivity index (χ2v) is 6.69. The van der Waals surface area contributed by atoms with Crippen LogP contribution in [0.25, 0.3) is 0 Å². The van der Waals surface area contributed by atoms with Crippen molar-refractivity contribution in [3.8, 4) is 11.5 Å². The van der Waals surface area contributed by atoms with E-state index < -0.39 is 6.10 Å². The lowest BCUT2D eigenvalue weighted by atomic mass is 9.99. The van der Waals surface area contributed by atoms with E-state index in [-0.39, 0.29) is 30.4 Å². The van der Waals surface area contributed by atoms with Crippen molar-refractivity contribution in [1.82, 2.24) is 5.32 Å². The average Bonchev–Trinajstić information content (AvgIpc) is 2.61. The summed E-state index contributed by atoms with van der Waals surface area (Å²) in [6, 6.07) is 13.6. The quantitative estimate of drug-likeness (QED) is 0.599.